The highest BCUT2D eigenvalue weighted by molar-refractivity contribution is 14.0. The summed E-state index contributed by atoms with van der Waals surface area (Å²) in [5.41, 5.74) is 9.21. The molecule has 1 aromatic carbocycles. The predicted molar refractivity (Wildman–Crippen MR) is 141 cm³/mol. The van der Waals surface area contributed by atoms with E-state index in [1.165, 1.54) is 11.1 Å². The average molecular weight is 564 g/mol. The summed E-state index contributed by atoms with van der Waals surface area (Å²) in [5, 5.41) is 6.78. The number of pyridine rings is 1. The van der Waals surface area contributed by atoms with Crippen molar-refractivity contribution in [3.63, 3.8) is 0 Å². The van der Waals surface area contributed by atoms with E-state index in [1.54, 1.807) is 13.2 Å². The minimum absolute atomic E-state index is 0. The SMILES string of the molecule is CN=C(NCCc1ccc2c(c1)CCO2)NCc1cccnc1N1CCCC(C(N)=O)C1.I. The zero-order chi connectivity index (χ0) is 22.3. The maximum Gasteiger partial charge on any atom is 0.222 e. The lowest BCUT2D eigenvalue weighted by Crippen LogP contribution is -2.42. The van der Waals surface area contributed by atoms with E-state index in [1.807, 2.05) is 6.07 Å². The second-order valence-electron chi connectivity index (χ2n) is 8.32. The number of hydrogen-bond donors (Lipinski definition) is 3. The Kier molecular flexibility index (Phi) is 9.16. The molecular weight excluding hydrogens is 531 g/mol. The summed E-state index contributed by atoms with van der Waals surface area (Å²) in [6.07, 6.45) is 5.48. The van der Waals surface area contributed by atoms with Crippen LogP contribution >= 0.6 is 24.0 Å². The zero-order valence-electron chi connectivity index (χ0n) is 19.0. The van der Waals surface area contributed by atoms with E-state index in [-0.39, 0.29) is 35.8 Å². The first-order valence-corrected chi connectivity index (χ1v) is 11.3. The van der Waals surface area contributed by atoms with Crippen molar-refractivity contribution in [2.75, 3.05) is 38.2 Å². The van der Waals surface area contributed by atoms with Gasteiger partial charge in [-0.1, -0.05) is 18.2 Å². The van der Waals surface area contributed by atoms with Crippen molar-refractivity contribution < 1.29 is 9.53 Å². The molecule has 0 radical (unpaired) electrons. The molecule has 0 aliphatic carbocycles. The van der Waals surface area contributed by atoms with E-state index in [2.05, 4.69) is 49.8 Å². The van der Waals surface area contributed by atoms with Crippen LogP contribution in [0.3, 0.4) is 0 Å². The summed E-state index contributed by atoms with van der Waals surface area (Å²) in [4.78, 5) is 22.8. The van der Waals surface area contributed by atoms with E-state index in [0.29, 0.717) is 13.1 Å². The van der Waals surface area contributed by atoms with Crippen molar-refractivity contribution in [1.82, 2.24) is 15.6 Å². The van der Waals surface area contributed by atoms with Crippen molar-refractivity contribution in [3.05, 3.63) is 53.2 Å². The van der Waals surface area contributed by atoms with Gasteiger partial charge in [0.25, 0.3) is 0 Å². The number of benzene rings is 1. The highest BCUT2D eigenvalue weighted by Crippen LogP contribution is 2.26. The third kappa shape index (κ3) is 6.49. The van der Waals surface area contributed by atoms with Crippen LogP contribution in [-0.4, -0.2) is 50.1 Å². The average Bonchev–Trinajstić information content (AvgIpc) is 3.29. The minimum atomic E-state index is -0.231. The van der Waals surface area contributed by atoms with Gasteiger partial charge in [-0.05, 0) is 42.5 Å². The Morgan fingerprint density at radius 1 is 1.33 bits per heavy atom. The standard InChI is InChI=1S/C24H32N6O2.HI/c1-26-24(28-11-8-17-6-7-21-18(14-17)9-13-32-21)29-15-19-4-2-10-27-23(19)30-12-3-5-20(16-30)22(25)31;/h2,4,6-7,10,14,20H,3,5,8-9,11-13,15-16H2,1H3,(H2,25,31)(H2,26,28,29);1H. The largest absolute Gasteiger partial charge is 0.493 e. The number of amides is 1. The minimum Gasteiger partial charge on any atom is -0.493 e. The maximum atomic E-state index is 11.7. The van der Waals surface area contributed by atoms with Crippen LogP contribution in [0.1, 0.15) is 29.5 Å². The number of guanidine groups is 1. The van der Waals surface area contributed by atoms with Gasteiger partial charge in [0.1, 0.15) is 11.6 Å². The molecule has 2 aromatic rings. The normalized spacial score (nSPS) is 17.5. The van der Waals surface area contributed by atoms with E-state index in [0.717, 1.165) is 68.5 Å². The molecule has 0 spiro atoms. The molecule has 4 rings (SSSR count). The lowest BCUT2D eigenvalue weighted by Gasteiger charge is -2.33. The lowest BCUT2D eigenvalue weighted by molar-refractivity contribution is -0.122. The summed E-state index contributed by atoms with van der Waals surface area (Å²) in [6.45, 7) is 3.66. The number of hydrogen-bond acceptors (Lipinski definition) is 5. The van der Waals surface area contributed by atoms with Gasteiger partial charge >= 0.3 is 0 Å². The number of carbonyl (C=O) groups is 1. The van der Waals surface area contributed by atoms with Gasteiger partial charge in [-0.15, -0.1) is 24.0 Å². The Morgan fingerprint density at radius 3 is 3.03 bits per heavy atom. The lowest BCUT2D eigenvalue weighted by atomic mass is 9.97. The van der Waals surface area contributed by atoms with E-state index >= 15 is 0 Å². The highest BCUT2D eigenvalue weighted by atomic mass is 127. The number of fused-ring (bicyclic) bond motifs is 1. The van der Waals surface area contributed by atoms with Gasteiger partial charge in [0, 0.05) is 51.4 Å². The fourth-order valence-corrected chi connectivity index (χ4v) is 4.37. The summed E-state index contributed by atoms with van der Waals surface area (Å²) in [7, 11) is 1.77. The molecule has 0 bridgehead atoms. The molecule has 9 heteroatoms. The molecule has 1 amide bonds. The van der Waals surface area contributed by atoms with Crippen LogP contribution in [-0.2, 0) is 24.2 Å². The number of rotatable bonds is 7. The number of nitrogens with zero attached hydrogens (tertiary/aromatic N) is 3. The number of carbonyl (C=O) groups excluding carboxylic acids is 1. The maximum absolute atomic E-state index is 11.7. The number of aliphatic imine (C=N–C) groups is 1. The zero-order valence-corrected chi connectivity index (χ0v) is 21.4. The van der Waals surface area contributed by atoms with Crippen LogP contribution in [0.15, 0.2) is 41.5 Å². The van der Waals surface area contributed by atoms with E-state index in [9.17, 15) is 4.79 Å². The fourth-order valence-electron chi connectivity index (χ4n) is 4.37. The molecule has 3 heterocycles. The van der Waals surface area contributed by atoms with Gasteiger partial charge in [-0.3, -0.25) is 9.79 Å². The van der Waals surface area contributed by atoms with Crippen LogP contribution in [0.5, 0.6) is 5.75 Å². The monoisotopic (exact) mass is 564 g/mol. The fraction of sp³-hybridized carbons (Fsp3) is 0.458. The molecule has 1 saturated heterocycles. The van der Waals surface area contributed by atoms with Crippen LogP contribution in [0.25, 0.3) is 0 Å². The first kappa shape index (κ1) is 25.1. The van der Waals surface area contributed by atoms with Crippen molar-refractivity contribution >= 4 is 41.7 Å². The number of halogens is 1. The number of primary amides is 1. The molecule has 1 fully saturated rings. The molecule has 0 saturated carbocycles. The summed E-state index contributed by atoms with van der Waals surface area (Å²) in [6, 6.07) is 10.4. The van der Waals surface area contributed by atoms with E-state index < -0.39 is 0 Å². The predicted octanol–water partition coefficient (Wildman–Crippen LogP) is 2.24. The number of aromatic nitrogens is 1. The van der Waals surface area contributed by atoms with Crippen molar-refractivity contribution in [1.29, 1.82) is 0 Å². The first-order valence-electron chi connectivity index (χ1n) is 11.3. The number of nitrogens with one attached hydrogen (secondary N) is 2. The molecule has 2 aliphatic rings. The molecule has 1 unspecified atom stereocenters. The quantitative estimate of drug-likeness (QED) is 0.271. The third-order valence-corrected chi connectivity index (χ3v) is 6.12. The van der Waals surface area contributed by atoms with Crippen LogP contribution in [0.2, 0.25) is 0 Å². The van der Waals surface area contributed by atoms with Gasteiger partial charge in [0.05, 0.1) is 12.5 Å². The Bertz CT molecular complexity index is 983. The summed E-state index contributed by atoms with van der Waals surface area (Å²) in [5.74, 6) is 2.32. The van der Waals surface area contributed by atoms with Gasteiger partial charge in [-0.2, -0.15) is 0 Å². The molecule has 8 nitrogen and oxygen atoms in total. The molecular formula is C24H33IN6O2. The first-order chi connectivity index (χ1) is 15.6. The van der Waals surface area contributed by atoms with Crippen molar-refractivity contribution in [3.8, 4) is 5.75 Å². The number of piperidine rings is 1. The molecule has 2 aliphatic heterocycles. The second kappa shape index (κ2) is 12.1. The molecule has 1 atom stereocenters. The number of nitrogens with two attached hydrogens (primary N) is 1. The smallest absolute Gasteiger partial charge is 0.222 e. The Hall–Kier alpha value is -2.56. The van der Waals surface area contributed by atoms with Crippen LogP contribution < -0.4 is 26.0 Å². The van der Waals surface area contributed by atoms with Gasteiger partial charge in [0.2, 0.25) is 5.91 Å². The van der Waals surface area contributed by atoms with Crippen molar-refractivity contribution in [2.45, 2.75) is 32.2 Å². The van der Waals surface area contributed by atoms with E-state index in [4.69, 9.17) is 10.5 Å². The Balaban J connectivity index is 0.00000306. The van der Waals surface area contributed by atoms with Gasteiger partial charge < -0.3 is 26.0 Å². The van der Waals surface area contributed by atoms with Crippen LogP contribution in [0.4, 0.5) is 5.82 Å². The second-order valence-corrected chi connectivity index (χ2v) is 8.32. The van der Waals surface area contributed by atoms with Crippen LogP contribution in [0, 0.1) is 5.92 Å². The summed E-state index contributed by atoms with van der Waals surface area (Å²) >= 11 is 0. The van der Waals surface area contributed by atoms with Gasteiger partial charge in [-0.25, -0.2) is 4.98 Å². The Labute approximate surface area is 212 Å². The third-order valence-electron chi connectivity index (χ3n) is 6.12. The Morgan fingerprint density at radius 2 is 2.21 bits per heavy atom. The molecule has 178 valence electrons. The highest BCUT2D eigenvalue weighted by Gasteiger charge is 2.26. The molecule has 33 heavy (non-hydrogen) atoms. The number of ether oxygens (including phenoxy) is 1. The summed E-state index contributed by atoms with van der Waals surface area (Å²) < 4.78 is 5.58. The number of anilines is 1. The topological polar surface area (TPSA) is 105 Å². The van der Waals surface area contributed by atoms with Crippen molar-refractivity contribution in [2.24, 2.45) is 16.6 Å². The van der Waals surface area contributed by atoms with Gasteiger partial charge in [0.15, 0.2) is 5.96 Å². The molecule has 4 N–H and O–H groups in total. The molecule has 1 aromatic heterocycles.